The molecule has 0 atom stereocenters. The first-order valence-electron chi connectivity index (χ1n) is 6.68. The molecule has 0 aromatic carbocycles. The average molecular weight is 225 g/mol. The van der Waals surface area contributed by atoms with E-state index in [0.29, 0.717) is 5.92 Å². The lowest BCUT2D eigenvalue weighted by Crippen LogP contribution is -2.37. The van der Waals surface area contributed by atoms with Crippen LogP contribution in [0.2, 0.25) is 0 Å². The third-order valence-electron chi connectivity index (χ3n) is 4.27. The zero-order valence-corrected chi connectivity index (χ0v) is 9.95. The first kappa shape index (κ1) is 11.9. The van der Waals surface area contributed by atoms with E-state index < -0.39 is 0 Å². The molecule has 2 fully saturated rings. The Kier molecular flexibility index (Phi) is 4.22. The normalized spacial score (nSPS) is 30.8. The number of aliphatic hydroxyl groups is 1. The number of nitrogens with one attached hydrogen (secondary N) is 1. The maximum absolute atomic E-state index is 11.9. The van der Waals surface area contributed by atoms with Gasteiger partial charge in [0, 0.05) is 19.1 Å². The predicted octanol–water partition coefficient (Wildman–Crippen LogP) is 1.70. The van der Waals surface area contributed by atoms with Gasteiger partial charge in [0.2, 0.25) is 5.91 Å². The molecular weight excluding hydrogens is 202 g/mol. The number of carbonyl (C=O) groups excluding carboxylic acids is 1. The van der Waals surface area contributed by atoms with Gasteiger partial charge in [-0.1, -0.05) is 6.42 Å². The third kappa shape index (κ3) is 2.97. The Morgan fingerprint density at radius 1 is 1.06 bits per heavy atom. The number of amides is 1. The smallest absolute Gasteiger partial charge is 0.223 e. The molecule has 0 bridgehead atoms. The minimum absolute atomic E-state index is 0.211. The summed E-state index contributed by atoms with van der Waals surface area (Å²) in [5.74, 6) is 1.65. The maximum Gasteiger partial charge on any atom is 0.223 e. The fourth-order valence-electron chi connectivity index (χ4n) is 2.69. The van der Waals surface area contributed by atoms with E-state index in [4.69, 9.17) is 5.11 Å². The van der Waals surface area contributed by atoms with Crippen molar-refractivity contribution in [3.05, 3.63) is 0 Å². The van der Waals surface area contributed by atoms with Crippen LogP contribution in [-0.2, 0) is 4.79 Å². The monoisotopic (exact) mass is 225 g/mol. The Hall–Kier alpha value is -0.570. The van der Waals surface area contributed by atoms with E-state index >= 15 is 0 Å². The zero-order chi connectivity index (χ0) is 11.4. The SMILES string of the molecule is O=C(NCC1CCC1)C1CCC(CO)CC1. The van der Waals surface area contributed by atoms with Gasteiger partial charge in [-0.15, -0.1) is 0 Å². The highest BCUT2D eigenvalue weighted by Crippen LogP contribution is 2.29. The molecule has 2 saturated carbocycles. The van der Waals surface area contributed by atoms with E-state index in [0.717, 1.165) is 38.1 Å². The summed E-state index contributed by atoms with van der Waals surface area (Å²) in [7, 11) is 0. The van der Waals surface area contributed by atoms with Crippen LogP contribution in [-0.4, -0.2) is 24.2 Å². The van der Waals surface area contributed by atoms with Crippen LogP contribution in [0.5, 0.6) is 0 Å². The summed E-state index contributed by atoms with van der Waals surface area (Å²) in [6.07, 6.45) is 7.86. The van der Waals surface area contributed by atoms with Crippen molar-refractivity contribution >= 4 is 5.91 Å². The van der Waals surface area contributed by atoms with Crippen LogP contribution in [0.4, 0.5) is 0 Å². The summed E-state index contributed by atoms with van der Waals surface area (Å²) in [4.78, 5) is 11.9. The lowest BCUT2D eigenvalue weighted by atomic mass is 9.81. The molecule has 0 spiro atoms. The van der Waals surface area contributed by atoms with Crippen molar-refractivity contribution in [1.29, 1.82) is 0 Å². The van der Waals surface area contributed by atoms with Crippen LogP contribution in [0.15, 0.2) is 0 Å². The van der Waals surface area contributed by atoms with Crippen molar-refractivity contribution < 1.29 is 9.90 Å². The molecule has 2 aliphatic rings. The van der Waals surface area contributed by atoms with Gasteiger partial charge in [0.15, 0.2) is 0 Å². The number of aliphatic hydroxyl groups excluding tert-OH is 1. The molecule has 0 aromatic rings. The van der Waals surface area contributed by atoms with E-state index in [2.05, 4.69) is 5.32 Å². The minimum atomic E-state index is 0.211. The van der Waals surface area contributed by atoms with Gasteiger partial charge in [-0.2, -0.15) is 0 Å². The molecule has 2 aliphatic carbocycles. The second-order valence-corrected chi connectivity index (χ2v) is 5.44. The van der Waals surface area contributed by atoms with E-state index in [1.54, 1.807) is 0 Å². The van der Waals surface area contributed by atoms with Crippen LogP contribution >= 0.6 is 0 Å². The lowest BCUT2D eigenvalue weighted by molar-refractivity contribution is -0.126. The molecule has 16 heavy (non-hydrogen) atoms. The fraction of sp³-hybridized carbons (Fsp3) is 0.923. The van der Waals surface area contributed by atoms with Crippen molar-refractivity contribution in [1.82, 2.24) is 5.32 Å². The number of hydrogen-bond donors (Lipinski definition) is 2. The lowest BCUT2D eigenvalue weighted by Gasteiger charge is -2.29. The topological polar surface area (TPSA) is 49.3 Å². The predicted molar refractivity (Wildman–Crippen MR) is 62.9 cm³/mol. The summed E-state index contributed by atoms with van der Waals surface area (Å²) >= 11 is 0. The molecule has 2 rings (SSSR count). The molecule has 92 valence electrons. The Morgan fingerprint density at radius 2 is 1.75 bits per heavy atom. The highest BCUT2D eigenvalue weighted by molar-refractivity contribution is 5.78. The van der Waals surface area contributed by atoms with Gasteiger partial charge in [0.05, 0.1) is 0 Å². The number of carbonyl (C=O) groups is 1. The molecule has 2 N–H and O–H groups in total. The maximum atomic E-state index is 11.9. The molecule has 0 heterocycles. The number of rotatable bonds is 4. The van der Waals surface area contributed by atoms with E-state index in [9.17, 15) is 4.79 Å². The average Bonchev–Trinajstić information content (AvgIpc) is 2.27. The third-order valence-corrected chi connectivity index (χ3v) is 4.27. The summed E-state index contributed by atoms with van der Waals surface area (Å²) in [5.41, 5.74) is 0. The zero-order valence-electron chi connectivity index (χ0n) is 9.95. The van der Waals surface area contributed by atoms with Crippen molar-refractivity contribution in [3.63, 3.8) is 0 Å². The summed E-state index contributed by atoms with van der Waals surface area (Å²) < 4.78 is 0. The van der Waals surface area contributed by atoms with Crippen LogP contribution in [0.25, 0.3) is 0 Å². The van der Waals surface area contributed by atoms with Gasteiger partial charge in [-0.05, 0) is 50.4 Å². The molecule has 3 heteroatoms. The Bertz CT molecular complexity index is 230. The van der Waals surface area contributed by atoms with Gasteiger partial charge in [0.25, 0.3) is 0 Å². The first-order valence-corrected chi connectivity index (χ1v) is 6.68. The molecule has 0 aliphatic heterocycles. The highest BCUT2D eigenvalue weighted by atomic mass is 16.3. The summed E-state index contributed by atoms with van der Waals surface area (Å²) in [6, 6.07) is 0. The quantitative estimate of drug-likeness (QED) is 0.765. The van der Waals surface area contributed by atoms with Crippen LogP contribution in [0, 0.1) is 17.8 Å². The summed E-state index contributed by atoms with van der Waals surface area (Å²) in [5, 5.41) is 12.1. The van der Waals surface area contributed by atoms with Gasteiger partial charge in [-0.3, -0.25) is 4.79 Å². The van der Waals surface area contributed by atoms with Crippen molar-refractivity contribution in [3.8, 4) is 0 Å². The molecule has 0 aromatic heterocycles. The van der Waals surface area contributed by atoms with Crippen molar-refractivity contribution in [2.24, 2.45) is 17.8 Å². The first-order chi connectivity index (χ1) is 7.79. The van der Waals surface area contributed by atoms with Crippen molar-refractivity contribution in [2.75, 3.05) is 13.2 Å². The van der Waals surface area contributed by atoms with Gasteiger partial charge < -0.3 is 10.4 Å². The Balaban J connectivity index is 1.65. The van der Waals surface area contributed by atoms with Crippen LogP contribution in [0.1, 0.15) is 44.9 Å². The minimum Gasteiger partial charge on any atom is -0.396 e. The highest BCUT2D eigenvalue weighted by Gasteiger charge is 2.26. The largest absolute Gasteiger partial charge is 0.396 e. The standard InChI is InChI=1S/C13H23NO2/c15-9-11-4-6-12(7-5-11)13(16)14-8-10-2-1-3-10/h10-12,15H,1-9H2,(H,14,16). The van der Waals surface area contributed by atoms with Crippen LogP contribution in [0.3, 0.4) is 0 Å². The summed E-state index contributed by atoms with van der Waals surface area (Å²) in [6.45, 7) is 1.18. The van der Waals surface area contributed by atoms with Gasteiger partial charge in [-0.25, -0.2) is 0 Å². The molecule has 0 radical (unpaired) electrons. The Labute approximate surface area is 97.6 Å². The molecule has 0 saturated heterocycles. The van der Waals surface area contributed by atoms with E-state index in [-0.39, 0.29) is 18.4 Å². The Morgan fingerprint density at radius 3 is 2.25 bits per heavy atom. The molecule has 1 amide bonds. The van der Waals surface area contributed by atoms with E-state index in [1.807, 2.05) is 0 Å². The van der Waals surface area contributed by atoms with Gasteiger partial charge >= 0.3 is 0 Å². The van der Waals surface area contributed by atoms with E-state index in [1.165, 1.54) is 19.3 Å². The molecule has 0 unspecified atom stereocenters. The van der Waals surface area contributed by atoms with Gasteiger partial charge in [0.1, 0.15) is 0 Å². The molecule has 3 nitrogen and oxygen atoms in total. The molecular formula is C13H23NO2. The van der Waals surface area contributed by atoms with Crippen LogP contribution < -0.4 is 5.32 Å². The number of hydrogen-bond acceptors (Lipinski definition) is 2. The van der Waals surface area contributed by atoms with Crippen molar-refractivity contribution in [2.45, 2.75) is 44.9 Å². The second kappa shape index (κ2) is 5.67. The fourth-order valence-corrected chi connectivity index (χ4v) is 2.69. The second-order valence-electron chi connectivity index (χ2n) is 5.44.